The van der Waals surface area contributed by atoms with Crippen molar-refractivity contribution in [1.82, 2.24) is 15.0 Å². The highest BCUT2D eigenvalue weighted by Gasteiger charge is 2.15. The Kier molecular flexibility index (Phi) is 3.86. The third-order valence-electron chi connectivity index (χ3n) is 4.17. The molecule has 0 spiro atoms. The highest BCUT2D eigenvalue weighted by Crippen LogP contribution is 2.39. The average Bonchev–Trinajstić information content (AvgIpc) is 3.03. The molecule has 0 aliphatic heterocycles. The molecule has 2 heterocycles. The fourth-order valence-electron chi connectivity index (χ4n) is 3.03. The number of hydrogen-bond donors (Lipinski definition) is 1. The predicted molar refractivity (Wildman–Crippen MR) is 105 cm³/mol. The summed E-state index contributed by atoms with van der Waals surface area (Å²) in [5, 5.41) is 10.7. The number of fused-ring (bicyclic) bond motifs is 1. The van der Waals surface area contributed by atoms with Crippen LogP contribution in [0.3, 0.4) is 0 Å². The van der Waals surface area contributed by atoms with Crippen molar-refractivity contribution in [2.45, 2.75) is 13.8 Å². The Morgan fingerprint density at radius 1 is 1.00 bits per heavy atom. The molecule has 0 unspecified atom stereocenters. The normalized spacial score (nSPS) is 10.8. The molecule has 0 bridgehead atoms. The largest absolute Gasteiger partial charge is 0.375 e. The van der Waals surface area contributed by atoms with E-state index in [1.165, 1.54) is 11.3 Å². The molecular weight excluding hydrogens is 342 g/mol. The van der Waals surface area contributed by atoms with Gasteiger partial charge < -0.3 is 5.73 Å². The molecule has 0 amide bonds. The SMILES string of the molecule is Cc1nc(C)c2cc(-c3sc(N)nc3-c3cccc(C#N)c3)ccc2n1. The first-order chi connectivity index (χ1) is 12.5. The van der Waals surface area contributed by atoms with Gasteiger partial charge in [0.05, 0.1) is 27.7 Å². The van der Waals surface area contributed by atoms with Crippen LogP contribution >= 0.6 is 11.3 Å². The van der Waals surface area contributed by atoms with Crippen LogP contribution in [0.5, 0.6) is 0 Å². The van der Waals surface area contributed by atoms with Gasteiger partial charge in [0, 0.05) is 16.6 Å². The molecule has 4 aromatic rings. The van der Waals surface area contributed by atoms with Crippen LogP contribution in [0.4, 0.5) is 5.13 Å². The Balaban J connectivity index is 1.92. The summed E-state index contributed by atoms with van der Waals surface area (Å²) < 4.78 is 0. The minimum atomic E-state index is 0.495. The summed E-state index contributed by atoms with van der Waals surface area (Å²) in [5.74, 6) is 0.763. The standard InChI is InChI=1S/C20H15N5S/c1-11-16-9-15(6-7-17(16)24-12(2)23-11)19-18(25-20(22)26-19)14-5-3-4-13(8-14)10-21/h3-9H,1-2H3,(H2,22,25). The van der Waals surface area contributed by atoms with Crippen LogP contribution in [0, 0.1) is 25.2 Å². The first kappa shape index (κ1) is 16.2. The van der Waals surface area contributed by atoms with Gasteiger partial charge in [0.25, 0.3) is 0 Å². The van der Waals surface area contributed by atoms with Crippen molar-refractivity contribution in [3.8, 4) is 27.8 Å². The van der Waals surface area contributed by atoms with Gasteiger partial charge in [-0.2, -0.15) is 5.26 Å². The number of nitrogen functional groups attached to an aromatic ring is 1. The number of hydrogen-bond acceptors (Lipinski definition) is 6. The van der Waals surface area contributed by atoms with Gasteiger partial charge in [-0.1, -0.05) is 29.5 Å². The lowest BCUT2D eigenvalue weighted by atomic mass is 10.0. The van der Waals surface area contributed by atoms with Crippen molar-refractivity contribution >= 4 is 27.4 Å². The monoisotopic (exact) mass is 357 g/mol. The maximum atomic E-state index is 9.17. The molecule has 2 N–H and O–H groups in total. The summed E-state index contributed by atoms with van der Waals surface area (Å²) in [6.07, 6.45) is 0. The number of nitrogens with two attached hydrogens (primary N) is 1. The molecule has 6 heteroatoms. The summed E-state index contributed by atoms with van der Waals surface area (Å²) in [6, 6.07) is 15.7. The van der Waals surface area contributed by atoms with E-state index >= 15 is 0 Å². The van der Waals surface area contributed by atoms with Gasteiger partial charge >= 0.3 is 0 Å². The van der Waals surface area contributed by atoms with Crippen molar-refractivity contribution < 1.29 is 0 Å². The predicted octanol–water partition coefficient (Wildman–Crippen LogP) is 4.49. The first-order valence-corrected chi connectivity index (χ1v) is 8.89. The second kappa shape index (κ2) is 6.21. The van der Waals surface area contributed by atoms with Gasteiger partial charge in [-0.15, -0.1) is 0 Å². The quantitative estimate of drug-likeness (QED) is 0.571. The molecule has 0 saturated carbocycles. The summed E-state index contributed by atoms with van der Waals surface area (Å²) in [4.78, 5) is 14.4. The second-order valence-corrected chi connectivity index (χ2v) is 7.04. The van der Waals surface area contributed by atoms with Crippen molar-refractivity contribution in [1.29, 1.82) is 5.26 Å². The highest BCUT2D eigenvalue weighted by atomic mass is 32.1. The van der Waals surface area contributed by atoms with E-state index in [2.05, 4.69) is 27.1 Å². The maximum absolute atomic E-state index is 9.17. The first-order valence-electron chi connectivity index (χ1n) is 8.07. The molecule has 4 rings (SSSR count). The minimum Gasteiger partial charge on any atom is -0.375 e. The molecule has 0 atom stereocenters. The van der Waals surface area contributed by atoms with Gasteiger partial charge in [-0.05, 0) is 43.7 Å². The van der Waals surface area contributed by atoms with Crippen LogP contribution in [0.2, 0.25) is 0 Å². The third-order valence-corrected chi connectivity index (χ3v) is 5.10. The Bertz CT molecular complexity index is 1190. The third kappa shape index (κ3) is 2.79. The fraction of sp³-hybridized carbons (Fsp3) is 0.100. The molecule has 0 aliphatic rings. The Morgan fingerprint density at radius 2 is 1.85 bits per heavy atom. The number of nitriles is 1. The van der Waals surface area contributed by atoms with Crippen molar-refractivity contribution in [2.75, 3.05) is 5.73 Å². The van der Waals surface area contributed by atoms with E-state index in [1.807, 2.05) is 44.2 Å². The van der Waals surface area contributed by atoms with Gasteiger partial charge in [0.15, 0.2) is 5.13 Å². The molecule has 2 aromatic carbocycles. The number of aromatic nitrogens is 3. The fourth-order valence-corrected chi connectivity index (χ4v) is 3.88. The van der Waals surface area contributed by atoms with Crippen molar-refractivity contribution in [3.05, 3.63) is 59.5 Å². The smallest absolute Gasteiger partial charge is 0.181 e. The van der Waals surface area contributed by atoms with Crippen LogP contribution in [-0.2, 0) is 0 Å². The summed E-state index contributed by atoms with van der Waals surface area (Å²) in [6.45, 7) is 3.88. The minimum absolute atomic E-state index is 0.495. The lowest BCUT2D eigenvalue weighted by molar-refractivity contribution is 1.05. The molecule has 0 aliphatic carbocycles. The van der Waals surface area contributed by atoms with Gasteiger partial charge in [-0.25, -0.2) is 15.0 Å². The van der Waals surface area contributed by atoms with Gasteiger partial charge in [-0.3, -0.25) is 0 Å². The Hall–Kier alpha value is -3.30. The number of aryl methyl sites for hydroxylation is 2. The topological polar surface area (TPSA) is 88.5 Å². The zero-order valence-electron chi connectivity index (χ0n) is 14.3. The zero-order valence-corrected chi connectivity index (χ0v) is 15.1. The van der Waals surface area contributed by atoms with E-state index in [1.54, 1.807) is 6.07 Å². The highest BCUT2D eigenvalue weighted by molar-refractivity contribution is 7.19. The Morgan fingerprint density at radius 3 is 2.65 bits per heavy atom. The number of benzene rings is 2. The van der Waals surface area contributed by atoms with E-state index in [0.717, 1.165) is 44.1 Å². The molecule has 0 radical (unpaired) electrons. The van der Waals surface area contributed by atoms with Crippen molar-refractivity contribution in [3.63, 3.8) is 0 Å². The zero-order chi connectivity index (χ0) is 18.3. The number of nitrogens with zero attached hydrogens (tertiary/aromatic N) is 4. The molecule has 5 nitrogen and oxygen atoms in total. The van der Waals surface area contributed by atoms with Crippen LogP contribution in [0.15, 0.2) is 42.5 Å². The van der Waals surface area contributed by atoms with Crippen LogP contribution in [-0.4, -0.2) is 15.0 Å². The van der Waals surface area contributed by atoms with Gasteiger partial charge in [0.2, 0.25) is 0 Å². The van der Waals surface area contributed by atoms with Crippen LogP contribution < -0.4 is 5.73 Å². The van der Waals surface area contributed by atoms with E-state index in [0.29, 0.717) is 10.7 Å². The molecule has 0 fully saturated rings. The molecule has 2 aromatic heterocycles. The van der Waals surface area contributed by atoms with Gasteiger partial charge in [0.1, 0.15) is 5.82 Å². The van der Waals surface area contributed by atoms with E-state index < -0.39 is 0 Å². The summed E-state index contributed by atoms with van der Waals surface area (Å²) in [7, 11) is 0. The van der Waals surface area contributed by atoms with E-state index in [4.69, 9.17) is 11.0 Å². The number of anilines is 1. The van der Waals surface area contributed by atoms with Crippen LogP contribution in [0.1, 0.15) is 17.1 Å². The van der Waals surface area contributed by atoms with E-state index in [9.17, 15) is 0 Å². The van der Waals surface area contributed by atoms with Crippen molar-refractivity contribution in [2.24, 2.45) is 0 Å². The average molecular weight is 357 g/mol. The molecule has 0 saturated heterocycles. The van der Waals surface area contributed by atoms with Crippen LogP contribution in [0.25, 0.3) is 32.6 Å². The van der Waals surface area contributed by atoms with E-state index in [-0.39, 0.29) is 0 Å². The molecule has 126 valence electrons. The summed E-state index contributed by atoms with van der Waals surface area (Å²) in [5.41, 5.74) is 11.1. The lowest BCUT2D eigenvalue weighted by Gasteiger charge is -2.07. The maximum Gasteiger partial charge on any atom is 0.181 e. The number of rotatable bonds is 2. The Labute approximate surface area is 154 Å². The second-order valence-electron chi connectivity index (χ2n) is 6.01. The lowest BCUT2D eigenvalue weighted by Crippen LogP contribution is -1.93. The molecule has 26 heavy (non-hydrogen) atoms. The molecular formula is C20H15N5S. The summed E-state index contributed by atoms with van der Waals surface area (Å²) >= 11 is 1.44. The number of thiazole rings is 1.